The maximum absolute atomic E-state index is 12.1. The number of ether oxygens (including phenoxy) is 2. The lowest BCUT2D eigenvalue weighted by atomic mass is 10.1. The van der Waals surface area contributed by atoms with Crippen molar-refractivity contribution in [1.29, 1.82) is 0 Å². The predicted octanol–water partition coefficient (Wildman–Crippen LogP) is 2.34. The van der Waals surface area contributed by atoms with Gasteiger partial charge in [-0.1, -0.05) is 17.7 Å². The van der Waals surface area contributed by atoms with E-state index in [0.717, 1.165) is 13.0 Å². The Kier molecular flexibility index (Phi) is 7.82. The van der Waals surface area contributed by atoms with Crippen LogP contribution in [0.3, 0.4) is 0 Å². The van der Waals surface area contributed by atoms with Crippen LogP contribution in [-0.2, 0) is 9.53 Å². The molecule has 2 N–H and O–H groups in total. The van der Waals surface area contributed by atoms with Gasteiger partial charge in [0.1, 0.15) is 6.61 Å². The summed E-state index contributed by atoms with van der Waals surface area (Å²) >= 11 is 6.12. The molecule has 7 heteroatoms. The summed E-state index contributed by atoms with van der Waals surface area (Å²) < 4.78 is 10.5. The molecule has 2 rings (SSSR count). The van der Waals surface area contributed by atoms with Crippen LogP contribution in [0.15, 0.2) is 18.2 Å². The summed E-state index contributed by atoms with van der Waals surface area (Å²) in [5.74, 6) is 0.486. The number of carbonyl (C=O) groups is 1. The van der Waals surface area contributed by atoms with Crippen LogP contribution in [-0.4, -0.2) is 39.3 Å². The largest absolute Gasteiger partial charge is 0.487 e. The summed E-state index contributed by atoms with van der Waals surface area (Å²) in [5, 5.41) is 6.54. The Labute approximate surface area is 135 Å². The fourth-order valence-electron chi connectivity index (χ4n) is 2.09. The Bertz CT molecular complexity index is 466. The van der Waals surface area contributed by atoms with Crippen molar-refractivity contribution in [2.45, 2.75) is 6.42 Å². The summed E-state index contributed by atoms with van der Waals surface area (Å²) in [5.41, 5.74) is 0.602. The van der Waals surface area contributed by atoms with E-state index in [1.807, 2.05) is 0 Å². The molecule has 1 aromatic rings. The van der Waals surface area contributed by atoms with Gasteiger partial charge in [0.25, 0.3) is 0 Å². The highest BCUT2D eigenvalue weighted by molar-refractivity contribution is 6.32. The first-order chi connectivity index (χ1) is 9.72. The van der Waals surface area contributed by atoms with Gasteiger partial charge >= 0.3 is 0 Å². The van der Waals surface area contributed by atoms with E-state index in [1.54, 1.807) is 25.3 Å². The molecule has 0 bridgehead atoms. The number of rotatable bonds is 6. The van der Waals surface area contributed by atoms with E-state index in [9.17, 15) is 4.79 Å². The molecule has 118 valence electrons. The molecule has 0 saturated carbocycles. The third kappa shape index (κ3) is 5.04. The summed E-state index contributed by atoms with van der Waals surface area (Å²) in [4.78, 5) is 12.1. The van der Waals surface area contributed by atoms with Gasteiger partial charge in [-0.25, -0.2) is 0 Å². The van der Waals surface area contributed by atoms with E-state index in [4.69, 9.17) is 21.1 Å². The molecule has 0 spiro atoms. The summed E-state index contributed by atoms with van der Waals surface area (Å²) in [6, 6.07) is 5.30. The third-order valence-electron chi connectivity index (χ3n) is 3.19. The second-order valence-electron chi connectivity index (χ2n) is 4.64. The Morgan fingerprint density at radius 1 is 1.48 bits per heavy atom. The van der Waals surface area contributed by atoms with Crippen molar-refractivity contribution in [3.05, 3.63) is 23.2 Å². The minimum Gasteiger partial charge on any atom is -0.487 e. The normalized spacial score (nSPS) is 17.1. The molecule has 1 aliphatic heterocycles. The lowest BCUT2D eigenvalue weighted by molar-refractivity contribution is -0.119. The molecule has 21 heavy (non-hydrogen) atoms. The highest BCUT2D eigenvalue weighted by atomic mass is 35.5. The number of hydrogen-bond donors (Lipinski definition) is 2. The van der Waals surface area contributed by atoms with Crippen molar-refractivity contribution < 1.29 is 14.3 Å². The van der Waals surface area contributed by atoms with E-state index in [0.29, 0.717) is 36.2 Å². The standard InChI is InChI=1S/C14H19ClN2O3.ClH/c1-19-7-8-20-13-11(15)3-2-4-12(13)17-14(18)10-5-6-16-9-10;/h2-4,10,16H,5-9H2,1H3,(H,17,18);1H. The van der Waals surface area contributed by atoms with E-state index in [-0.39, 0.29) is 24.2 Å². The Hall–Kier alpha value is -1.01. The summed E-state index contributed by atoms with van der Waals surface area (Å²) in [6.45, 7) is 2.44. The number of halogens is 2. The second-order valence-corrected chi connectivity index (χ2v) is 5.04. The lowest BCUT2D eigenvalue weighted by Crippen LogP contribution is -2.25. The first-order valence-electron chi connectivity index (χ1n) is 6.64. The third-order valence-corrected chi connectivity index (χ3v) is 3.49. The second kappa shape index (κ2) is 9.10. The first-order valence-corrected chi connectivity index (χ1v) is 7.02. The van der Waals surface area contributed by atoms with E-state index in [2.05, 4.69) is 10.6 Å². The minimum absolute atomic E-state index is 0. The molecule has 5 nitrogen and oxygen atoms in total. The van der Waals surface area contributed by atoms with Crippen LogP contribution in [0.5, 0.6) is 5.75 Å². The average molecular weight is 335 g/mol. The lowest BCUT2D eigenvalue weighted by Gasteiger charge is -2.15. The predicted molar refractivity (Wildman–Crippen MR) is 85.7 cm³/mol. The molecule has 1 fully saturated rings. The van der Waals surface area contributed by atoms with Crippen LogP contribution < -0.4 is 15.4 Å². The van der Waals surface area contributed by atoms with Gasteiger partial charge in [-0.05, 0) is 25.1 Å². The van der Waals surface area contributed by atoms with Gasteiger partial charge in [0, 0.05) is 13.7 Å². The van der Waals surface area contributed by atoms with Gasteiger partial charge in [-0.2, -0.15) is 0 Å². The van der Waals surface area contributed by atoms with Gasteiger partial charge in [0.05, 0.1) is 23.2 Å². The fourth-order valence-corrected chi connectivity index (χ4v) is 2.32. The number of benzene rings is 1. The summed E-state index contributed by atoms with van der Waals surface area (Å²) in [7, 11) is 1.60. The van der Waals surface area contributed by atoms with Crippen LogP contribution in [0.1, 0.15) is 6.42 Å². The van der Waals surface area contributed by atoms with Crippen molar-refractivity contribution in [3.63, 3.8) is 0 Å². The number of hydrogen-bond acceptors (Lipinski definition) is 4. The molecule has 0 aliphatic carbocycles. The van der Waals surface area contributed by atoms with Crippen LogP contribution in [0, 0.1) is 5.92 Å². The van der Waals surface area contributed by atoms with Crippen molar-refractivity contribution in [2.75, 3.05) is 38.7 Å². The monoisotopic (exact) mass is 334 g/mol. The molecule has 1 unspecified atom stereocenters. The number of anilines is 1. The number of para-hydroxylation sites is 1. The molecule has 1 aliphatic rings. The van der Waals surface area contributed by atoms with Gasteiger partial charge in [-0.3, -0.25) is 4.79 Å². The number of methoxy groups -OCH3 is 1. The molecular formula is C14H20Cl2N2O3. The number of amides is 1. The van der Waals surface area contributed by atoms with Gasteiger partial charge < -0.3 is 20.1 Å². The summed E-state index contributed by atoms with van der Waals surface area (Å²) in [6.07, 6.45) is 0.853. The zero-order valence-electron chi connectivity index (χ0n) is 11.9. The fraction of sp³-hybridized carbons (Fsp3) is 0.500. The van der Waals surface area contributed by atoms with Crippen LogP contribution in [0.2, 0.25) is 5.02 Å². The number of carbonyl (C=O) groups excluding carboxylic acids is 1. The maximum Gasteiger partial charge on any atom is 0.228 e. The minimum atomic E-state index is -0.00569. The van der Waals surface area contributed by atoms with E-state index < -0.39 is 0 Å². The highest BCUT2D eigenvalue weighted by Crippen LogP contribution is 2.33. The molecule has 0 aromatic heterocycles. The quantitative estimate of drug-likeness (QED) is 0.784. The van der Waals surface area contributed by atoms with Crippen molar-refractivity contribution in [2.24, 2.45) is 5.92 Å². The van der Waals surface area contributed by atoms with Gasteiger partial charge in [0.15, 0.2) is 5.75 Å². The smallest absolute Gasteiger partial charge is 0.228 e. The van der Waals surface area contributed by atoms with Crippen molar-refractivity contribution in [3.8, 4) is 5.75 Å². The van der Waals surface area contributed by atoms with E-state index in [1.165, 1.54) is 0 Å². The first kappa shape index (κ1) is 18.0. The highest BCUT2D eigenvalue weighted by Gasteiger charge is 2.23. The molecule has 1 amide bonds. The SMILES string of the molecule is COCCOc1c(Cl)cccc1NC(=O)C1CCNC1.Cl. The average Bonchev–Trinajstić information content (AvgIpc) is 2.96. The molecule has 1 saturated heterocycles. The van der Waals surface area contributed by atoms with E-state index >= 15 is 0 Å². The molecule has 1 aromatic carbocycles. The zero-order chi connectivity index (χ0) is 14.4. The maximum atomic E-state index is 12.1. The van der Waals surface area contributed by atoms with Crippen LogP contribution in [0.4, 0.5) is 5.69 Å². The van der Waals surface area contributed by atoms with Crippen LogP contribution >= 0.6 is 24.0 Å². The Morgan fingerprint density at radius 2 is 2.29 bits per heavy atom. The molecule has 1 heterocycles. The van der Waals surface area contributed by atoms with Gasteiger partial charge in [-0.15, -0.1) is 12.4 Å². The topological polar surface area (TPSA) is 59.6 Å². The zero-order valence-corrected chi connectivity index (χ0v) is 13.4. The molecule has 1 atom stereocenters. The van der Waals surface area contributed by atoms with Crippen LogP contribution in [0.25, 0.3) is 0 Å². The Balaban J connectivity index is 0.00000220. The Morgan fingerprint density at radius 3 is 2.95 bits per heavy atom. The molecular weight excluding hydrogens is 315 g/mol. The number of nitrogens with one attached hydrogen (secondary N) is 2. The van der Waals surface area contributed by atoms with Crippen molar-refractivity contribution in [1.82, 2.24) is 5.32 Å². The molecule has 0 radical (unpaired) electrons. The van der Waals surface area contributed by atoms with Gasteiger partial charge in [0.2, 0.25) is 5.91 Å². The van der Waals surface area contributed by atoms with Crippen molar-refractivity contribution >= 4 is 35.6 Å².